The van der Waals surface area contributed by atoms with E-state index in [9.17, 15) is 8.22 Å². The van der Waals surface area contributed by atoms with Gasteiger partial charge in [0.25, 0.3) is 0 Å². The minimum Gasteiger partial charge on any atom is -0.455 e. The molecule has 0 unspecified atom stereocenters. The Hall–Kier alpha value is -9.18. The summed E-state index contributed by atoms with van der Waals surface area (Å²) in [6.45, 7) is 0. The maximum absolute atomic E-state index is 10.1. The predicted molar refractivity (Wildman–Crippen MR) is 290 cm³/mol. The first kappa shape index (κ1) is 27.5. The Balaban J connectivity index is 1.06. The summed E-state index contributed by atoms with van der Waals surface area (Å²) in [5.74, 6) is 0. The second-order valence-corrected chi connectivity index (χ2v) is 16.5. The van der Waals surface area contributed by atoms with E-state index in [4.69, 9.17) is 16.8 Å². The highest BCUT2D eigenvalue weighted by Crippen LogP contribution is 2.46. The van der Waals surface area contributed by atoms with Crippen molar-refractivity contribution in [3.05, 3.63) is 267 Å². The van der Waals surface area contributed by atoms with E-state index < -0.39 is 124 Å². The highest BCUT2D eigenvalue weighted by molar-refractivity contribution is 6.13. The average molecular weight is 896 g/mol. The average Bonchev–Trinajstić information content (AvgIpc) is 1.57. The van der Waals surface area contributed by atoms with Gasteiger partial charge in [-0.3, -0.25) is 0 Å². The van der Waals surface area contributed by atoms with E-state index in [1.165, 1.54) is 0 Å². The Morgan fingerprint density at radius 3 is 1.52 bits per heavy atom. The SMILES string of the molecule is [2H]c1c([2H])c([2H])c(-c2c([2H])c([2H])c([2H])c3c2oc2c(-c4c([2H])c([2H])c(N(c5ccc(-c6ccccc6-n6c7ccccc7c7ccccc76)cc5)c5ccc(-c6ccccc6)cc5-c5ccccc5)c([2H])c4[2H])c([2H])c([2H])c([2H])c23)c([2H])c1[2H]. The van der Waals surface area contributed by atoms with E-state index >= 15 is 0 Å². The van der Waals surface area contributed by atoms with Crippen LogP contribution < -0.4 is 4.90 Å². The Morgan fingerprint density at radius 2 is 0.870 bits per heavy atom. The van der Waals surface area contributed by atoms with Crippen LogP contribution in [0.4, 0.5) is 17.1 Å². The van der Waals surface area contributed by atoms with Crippen LogP contribution in [0.15, 0.2) is 271 Å². The lowest BCUT2D eigenvalue weighted by atomic mass is 9.95. The van der Waals surface area contributed by atoms with Crippen molar-refractivity contribution in [2.45, 2.75) is 0 Å². The number of hydrogen-bond acceptors (Lipinski definition) is 2. The fourth-order valence-corrected chi connectivity index (χ4v) is 9.38. The quantitative estimate of drug-likeness (QED) is 0.144. The first-order valence-electron chi connectivity index (χ1n) is 29.9. The number of hydrogen-bond donors (Lipinski definition) is 0. The topological polar surface area (TPSA) is 21.3 Å². The van der Waals surface area contributed by atoms with E-state index in [0.29, 0.717) is 16.9 Å². The summed E-state index contributed by atoms with van der Waals surface area (Å²) in [7, 11) is 0. The molecule has 2 aromatic heterocycles. The second-order valence-electron chi connectivity index (χ2n) is 16.5. The number of nitrogens with zero attached hydrogens (tertiary/aromatic N) is 2. The van der Waals surface area contributed by atoms with Gasteiger partial charge >= 0.3 is 0 Å². The Bertz CT molecular complexity index is 4800. The predicted octanol–water partition coefficient (Wildman–Crippen LogP) is 18.5. The van der Waals surface area contributed by atoms with Crippen LogP contribution in [0.3, 0.4) is 0 Å². The van der Waals surface area contributed by atoms with Gasteiger partial charge in [-0.25, -0.2) is 0 Å². The number of furan rings is 1. The van der Waals surface area contributed by atoms with Gasteiger partial charge in [0.1, 0.15) is 11.2 Å². The molecule has 0 amide bonds. The molecule has 0 N–H and O–H groups in total. The molecule has 0 aliphatic carbocycles. The smallest absolute Gasteiger partial charge is 0.143 e. The lowest BCUT2D eigenvalue weighted by molar-refractivity contribution is 0.671. The molecule has 13 aromatic rings. The van der Waals surface area contributed by atoms with E-state index in [-0.39, 0.29) is 16.5 Å². The van der Waals surface area contributed by atoms with Gasteiger partial charge in [-0.15, -0.1) is 0 Å². The number of fused-ring (bicyclic) bond motifs is 6. The molecule has 0 aliphatic rings. The fraction of sp³-hybridized carbons (Fsp3) is 0. The van der Waals surface area contributed by atoms with Gasteiger partial charge in [0, 0.05) is 55.2 Å². The van der Waals surface area contributed by atoms with Crippen LogP contribution in [0.25, 0.3) is 105 Å². The van der Waals surface area contributed by atoms with Crippen LogP contribution in [0.1, 0.15) is 20.6 Å². The van der Waals surface area contributed by atoms with Crippen molar-refractivity contribution in [3.63, 3.8) is 0 Å². The van der Waals surface area contributed by atoms with Crippen LogP contribution in [0.2, 0.25) is 0 Å². The molecule has 3 nitrogen and oxygen atoms in total. The molecule has 0 radical (unpaired) electrons. The first-order valence-corrected chi connectivity index (χ1v) is 22.4. The van der Waals surface area contributed by atoms with Gasteiger partial charge in [0.15, 0.2) is 0 Å². The number of anilines is 3. The molecule has 69 heavy (non-hydrogen) atoms. The van der Waals surface area contributed by atoms with Crippen LogP contribution >= 0.6 is 0 Å². The van der Waals surface area contributed by atoms with Crippen molar-refractivity contribution in [3.8, 4) is 61.3 Å². The van der Waals surface area contributed by atoms with Crippen LogP contribution in [0.5, 0.6) is 0 Å². The maximum atomic E-state index is 10.1. The maximum Gasteiger partial charge on any atom is 0.143 e. The monoisotopic (exact) mass is 895 g/mol. The summed E-state index contributed by atoms with van der Waals surface area (Å²) in [6, 6.07) is 47.0. The Kier molecular flexibility index (Phi) is 6.73. The Labute approximate surface area is 422 Å². The van der Waals surface area contributed by atoms with Crippen LogP contribution in [0, 0.1) is 0 Å². The summed E-state index contributed by atoms with van der Waals surface area (Å²) in [4.78, 5) is 1.68. The fourth-order valence-electron chi connectivity index (χ4n) is 9.38. The summed E-state index contributed by atoms with van der Waals surface area (Å²) in [5, 5.41) is 1.52. The van der Waals surface area contributed by atoms with Gasteiger partial charge in [-0.1, -0.05) is 212 Å². The molecule has 0 saturated carbocycles. The van der Waals surface area contributed by atoms with Crippen molar-refractivity contribution in [2.75, 3.05) is 4.90 Å². The third-order valence-electron chi connectivity index (χ3n) is 12.5. The third-order valence-corrected chi connectivity index (χ3v) is 12.5. The molecule has 13 rings (SSSR count). The largest absolute Gasteiger partial charge is 0.455 e. The van der Waals surface area contributed by atoms with Crippen LogP contribution in [-0.4, -0.2) is 4.57 Å². The highest BCUT2D eigenvalue weighted by atomic mass is 16.3. The number of aromatic nitrogens is 1. The van der Waals surface area contributed by atoms with Gasteiger partial charge in [0.2, 0.25) is 0 Å². The number of para-hydroxylation sites is 5. The molecule has 0 bridgehead atoms. The standard InChI is InChI=1S/C66H44N2O/c1-4-18-45(19-5-1)50-38-43-64(60(44-50)47-22-8-3-9-23-47)67(51-39-34-48(35-40-51)53-24-10-13-31-61(53)68-62-32-14-11-25-56(62)57-26-12-15-33-63(57)68)52-41-36-49(37-42-52)55-28-17-30-59-58-29-16-27-54(65(58)69-66(55)59)46-20-6-2-7-21-46/h1-44H/i2D,6D,7D,16D,17D,20D,21D,27D,28D,29D,30D,36D,37D,41D,42D. The first-order chi connectivity index (χ1) is 40.5. The summed E-state index contributed by atoms with van der Waals surface area (Å²) in [5.41, 5.74) is 5.87. The molecule has 0 atom stereocenters. The molecule has 324 valence electrons. The van der Waals surface area contributed by atoms with Gasteiger partial charge < -0.3 is 13.9 Å². The molecular formula is C66H44N2O. The van der Waals surface area contributed by atoms with Crippen molar-refractivity contribution in [1.29, 1.82) is 0 Å². The normalized spacial score (nSPS) is 14.5. The molecule has 11 aromatic carbocycles. The van der Waals surface area contributed by atoms with E-state index in [0.717, 1.165) is 55.3 Å². The summed E-state index contributed by atoms with van der Waals surface area (Å²) in [6.07, 6.45) is 0. The lowest BCUT2D eigenvalue weighted by Gasteiger charge is -2.29. The summed E-state index contributed by atoms with van der Waals surface area (Å²) < 4.78 is 146. The second kappa shape index (κ2) is 16.9. The minimum absolute atomic E-state index is 0.179. The van der Waals surface area contributed by atoms with E-state index in [2.05, 4.69) is 41.0 Å². The zero-order chi connectivity index (χ0) is 58.7. The van der Waals surface area contributed by atoms with Gasteiger partial charge in [0.05, 0.1) is 43.0 Å². The number of rotatable bonds is 9. The molecule has 0 aliphatic heterocycles. The van der Waals surface area contributed by atoms with Gasteiger partial charge in [-0.2, -0.15) is 0 Å². The van der Waals surface area contributed by atoms with Crippen molar-refractivity contribution in [2.24, 2.45) is 0 Å². The van der Waals surface area contributed by atoms with Crippen molar-refractivity contribution < 1.29 is 25.0 Å². The molecule has 3 heteroatoms. The van der Waals surface area contributed by atoms with Gasteiger partial charge in [-0.05, 0) is 87.9 Å². The van der Waals surface area contributed by atoms with Crippen molar-refractivity contribution in [1.82, 2.24) is 4.57 Å². The van der Waals surface area contributed by atoms with Crippen LogP contribution in [-0.2, 0) is 0 Å². The zero-order valence-electron chi connectivity index (χ0n) is 51.5. The minimum atomic E-state index is -0.754. The Morgan fingerprint density at radius 1 is 0.333 bits per heavy atom. The lowest BCUT2D eigenvalue weighted by Crippen LogP contribution is -2.11. The summed E-state index contributed by atoms with van der Waals surface area (Å²) >= 11 is 0. The van der Waals surface area contributed by atoms with E-state index in [1.807, 2.05) is 140 Å². The zero-order valence-corrected chi connectivity index (χ0v) is 36.5. The highest BCUT2D eigenvalue weighted by Gasteiger charge is 2.21. The molecule has 0 spiro atoms. The molecule has 0 fully saturated rings. The molecule has 2 heterocycles. The molecular weight excluding hydrogens is 837 g/mol. The van der Waals surface area contributed by atoms with Crippen molar-refractivity contribution >= 4 is 60.8 Å². The third kappa shape index (κ3) is 6.99. The van der Waals surface area contributed by atoms with E-state index in [1.54, 1.807) is 4.90 Å². The molecule has 0 saturated heterocycles. The number of benzene rings is 11.